The summed E-state index contributed by atoms with van der Waals surface area (Å²) in [5.74, 6) is 0. The molecule has 1 aromatic carbocycles. The lowest BCUT2D eigenvalue weighted by molar-refractivity contribution is -0.384. The topological polar surface area (TPSA) is 101 Å². The Balaban J connectivity index is 2.93. The molecular formula is C12H19N3O4S. The zero-order valence-corrected chi connectivity index (χ0v) is 12.7. The first-order chi connectivity index (χ1) is 9.02. The second-order valence-electron chi connectivity index (χ2n) is 5.34. The summed E-state index contributed by atoms with van der Waals surface area (Å²) in [6, 6.07) is 4.77. The highest BCUT2D eigenvalue weighted by molar-refractivity contribution is 7.88. The molecule has 0 atom stereocenters. The second-order valence-corrected chi connectivity index (χ2v) is 7.09. The van der Waals surface area contributed by atoms with Gasteiger partial charge in [-0.25, -0.2) is 13.1 Å². The number of hydrogen-bond donors (Lipinski definition) is 2. The van der Waals surface area contributed by atoms with Crippen molar-refractivity contribution in [2.45, 2.75) is 26.3 Å². The average molecular weight is 301 g/mol. The largest absolute Gasteiger partial charge is 0.377 e. The van der Waals surface area contributed by atoms with Crippen LogP contribution in [0.5, 0.6) is 0 Å². The first-order valence-corrected chi connectivity index (χ1v) is 7.88. The molecule has 0 bridgehead atoms. The summed E-state index contributed by atoms with van der Waals surface area (Å²) >= 11 is 0. The molecule has 7 nitrogen and oxygen atoms in total. The molecule has 0 amide bonds. The van der Waals surface area contributed by atoms with Gasteiger partial charge in [-0.05, 0) is 26.3 Å². The standard InChI is InChI=1S/C12H19N3O4S/c1-9-6-5-7-10(15(16)17)11(9)13-8-12(2,3)14-20(4,18)19/h5-7,13-14H,8H2,1-4H3. The molecule has 0 aliphatic heterocycles. The monoisotopic (exact) mass is 301 g/mol. The van der Waals surface area contributed by atoms with Gasteiger partial charge >= 0.3 is 0 Å². The van der Waals surface area contributed by atoms with Crippen LogP contribution in [0, 0.1) is 17.0 Å². The van der Waals surface area contributed by atoms with Crippen molar-refractivity contribution >= 4 is 21.4 Å². The number of sulfonamides is 1. The molecule has 0 radical (unpaired) electrons. The number of aryl methyl sites for hydroxylation is 1. The molecule has 0 fully saturated rings. The lowest BCUT2D eigenvalue weighted by Gasteiger charge is -2.26. The summed E-state index contributed by atoms with van der Waals surface area (Å²) in [4.78, 5) is 10.5. The third-order valence-electron chi connectivity index (χ3n) is 2.62. The highest BCUT2D eigenvalue weighted by Crippen LogP contribution is 2.28. The molecule has 1 aromatic rings. The highest BCUT2D eigenvalue weighted by atomic mass is 32.2. The van der Waals surface area contributed by atoms with Crippen molar-refractivity contribution in [3.8, 4) is 0 Å². The van der Waals surface area contributed by atoms with Crippen molar-refractivity contribution in [3.05, 3.63) is 33.9 Å². The normalized spacial score (nSPS) is 12.2. The molecule has 1 rings (SSSR count). The van der Waals surface area contributed by atoms with Crippen LogP contribution in [-0.4, -0.2) is 31.7 Å². The summed E-state index contributed by atoms with van der Waals surface area (Å²) in [6.45, 7) is 5.38. The van der Waals surface area contributed by atoms with E-state index in [1.54, 1.807) is 32.9 Å². The molecule has 112 valence electrons. The van der Waals surface area contributed by atoms with E-state index < -0.39 is 20.5 Å². The SMILES string of the molecule is Cc1cccc([N+](=O)[O-])c1NCC(C)(C)NS(C)(=O)=O. The van der Waals surface area contributed by atoms with Gasteiger partial charge in [-0.15, -0.1) is 0 Å². The molecule has 0 heterocycles. The van der Waals surface area contributed by atoms with E-state index in [2.05, 4.69) is 10.0 Å². The number of nitrogens with zero attached hydrogens (tertiary/aromatic N) is 1. The van der Waals surface area contributed by atoms with Gasteiger partial charge in [0, 0.05) is 18.2 Å². The predicted octanol–water partition coefficient (Wildman–Crippen LogP) is 1.64. The van der Waals surface area contributed by atoms with Crippen molar-refractivity contribution in [1.82, 2.24) is 4.72 Å². The molecule has 0 unspecified atom stereocenters. The fourth-order valence-electron chi connectivity index (χ4n) is 1.88. The average Bonchev–Trinajstić information content (AvgIpc) is 2.23. The Hall–Kier alpha value is -1.67. The Morgan fingerprint density at radius 2 is 1.95 bits per heavy atom. The van der Waals surface area contributed by atoms with E-state index in [0.29, 0.717) is 5.69 Å². The molecule has 0 aliphatic rings. The van der Waals surface area contributed by atoms with Gasteiger partial charge in [0.1, 0.15) is 5.69 Å². The first kappa shape index (κ1) is 16.4. The summed E-state index contributed by atoms with van der Waals surface area (Å²) < 4.78 is 25.0. The number of para-hydroxylation sites is 1. The molecule has 0 aromatic heterocycles. The Labute approximate surface area is 118 Å². The number of nitro benzene ring substituents is 1. The number of nitro groups is 1. The Morgan fingerprint density at radius 3 is 2.45 bits per heavy atom. The molecular weight excluding hydrogens is 282 g/mol. The van der Waals surface area contributed by atoms with Crippen molar-refractivity contribution in [3.63, 3.8) is 0 Å². The van der Waals surface area contributed by atoms with E-state index in [9.17, 15) is 18.5 Å². The molecule has 0 saturated heterocycles. The number of benzene rings is 1. The van der Waals surface area contributed by atoms with Crippen molar-refractivity contribution in [2.75, 3.05) is 18.1 Å². The number of rotatable bonds is 6. The van der Waals surface area contributed by atoms with E-state index in [1.807, 2.05) is 0 Å². The van der Waals surface area contributed by atoms with Crippen LogP contribution in [-0.2, 0) is 10.0 Å². The number of nitrogens with one attached hydrogen (secondary N) is 2. The fourth-order valence-corrected chi connectivity index (χ4v) is 2.96. The lowest BCUT2D eigenvalue weighted by atomic mass is 10.1. The quantitative estimate of drug-likeness (QED) is 0.614. The van der Waals surface area contributed by atoms with Crippen LogP contribution in [0.3, 0.4) is 0 Å². The molecule has 8 heteroatoms. The van der Waals surface area contributed by atoms with Gasteiger partial charge in [0.15, 0.2) is 0 Å². The van der Waals surface area contributed by atoms with E-state index in [-0.39, 0.29) is 12.2 Å². The predicted molar refractivity (Wildman–Crippen MR) is 78.4 cm³/mol. The third-order valence-corrected chi connectivity index (χ3v) is 3.54. The second kappa shape index (κ2) is 5.76. The van der Waals surface area contributed by atoms with Crippen LogP contribution in [0.25, 0.3) is 0 Å². The molecule has 2 N–H and O–H groups in total. The van der Waals surface area contributed by atoms with Gasteiger partial charge in [-0.1, -0.05) is 12.1 Å². The maximum absolute atomic E-state index is 11.3. The van der Waals surface area contributed by atoms with E-state index in [1.165, 1.54) is 6.07 Å². The Bertz CT molecular complexity index is 611. The highest BCUT2D eigenvalue weighted by Gasteiger charge is 2.24. The van der Waals surface area contributed by atoms with E-state index >= 15 is 0 Å². The van der Waals surface area contributed by atoms with Crippen LogP contribution in [0.15, 0.2) is 18.2 Å². The van der Waals surface area contributed by atoms with Crippen LogP contribution >= 0.6 is 0 Å². The summed E-state index contributed by atoms with van der Waals surface area (Å²) in [5, 5.41) is 13.9. The van der Waals surface area contributed by atoms with Crippen LogP contribution < -0.4 is 10.0 Å². The number of anilines is 1. The van der Waals surface area contributed by atoms with Gasteiger partial charge in [-0.3, -0.25) is 10.1 Å². The molecule has 0 spiro atoms. The van der Waals surface area contributed by atoms with Gasteiger partial charge in [0.05, 0.1) is 11.2 Å². The van der Waals surface area contributed by atoms with Crippen molar-refractivity contribution < 1.29 is 13.3 Å². The van der Waals surface area contributed by atoms with Crippen LogP contribution in [0.2, 0.25) is 0 Å². The number of hydrogen-bond acceptors (Lipinski definition) is 5. The summed E-state index contributed by atoms with van der Waals surface area (Å²) in [5.41, 5.74) is 0.347. The van der Waals surface area contributed by atoms with Crippen molar-refractivity contribution in [2.24, 2.45) is 0 Å². The maximum atomic E-state index is 11.3. The third kappa shape index (κ3) is 4.78. The minimum Gasteiger partial charge on any atom is -0.377 e. The maximum Gasteiger partial charge on any atom is 0.292 e. The first-order valence-electron chi connectivity index (χ1n) is 5.99. The summed E-state index contributed by atoms with van der Waals surface area (Å²) in [7, 11) is -3.35. The van der Waals surface area contributed by atoms with E-state index in [0.717, 1.165) is 11.8 Å². The van der Waals surface area contributed by atoms with Crippen LogP contribution in [0.1, 0.15) is 19.4 Å². The van der Waals surface area contributed by atoms with Gasteiger partial charge in [-0.2, -0.15) is 0 Å². The van der Waals surface area contributed by atoms with Crippen molar-refractivity contribution in [1.29, 1.82) is 0 Å². The fraction of sp³-hybridized carbons (Fsp3) is 0.500. The molecule has 0 saturated carbocycles. The van der Waals surface area contributed by atoms with Crippen LogP contribution in [0.4, 0.5) is 11.4 Å². The van der Waals surface area contributed by atoms with Gasteiger partial charge in [0.25, 0.3) is 5.69 Å². The lowest BCUT2D eigenvalue weighted by Crippen LogP contribution is -2.47. The Morgan fingerprint density at radius 1 is 1.35 bits per heavy atom. The zero-order chi connectivity index (χ0) is 15.6. The minimum absolute atomic E-state index is 0.0276. The van der Waals surface area contributed by atoms with E-state index in [4.69, 9.17) is 0 Å². The smallest absolute Gasteiger partial charge is 0.292 e. The Kier molecular flexibility index (Phi) is 4.72. The molecule has 20 heavy (non-hydrogen) atoms. The minimum atomic E-state index is -3.35. The zero-order valence-electron chi connectivity index (χ0n) is 11.9. The summed E-state index contributed by atoms with van der Waals surface area (Å²) in [6.07, 6.45) is 1.07. The molecule has 0 aliphatic carbocycles. The van der Waals surface area contributed by atoms with Gasteiger partial charge < -0.3 is 5.32 Å². The van der Waals surface area contributed by atoms with Gasteiger partial charge in [0.2, 0.25) is 10.0 Å².